The Kier molecular flexibility index (Phi) is 4.70. The molecule has 2 rings (SSSR count). The van der Waals surface area contributed by atoms with Gasteiger partial charge in [-0.2, -0.15) is 0 Å². The van der Waals surface area contributed by atoms with Gasteiger partial charge in [-0.3, -0.25) is 4.79 Å². The normalized spacial score (nSPS) is 20.4. The lowest BCUT2D eigenvalue weighted by Crippen LogP contribution is -2.44. The van der Waals surface area contributed by atoms with Crippen LogP contribution in [0.2, 0.25) is 0 Å². The fraction of sp³-hybridized carbons (Fsp3) is 0.467. The molecule has 1 amide bonds. The summed E-state index contributed by atoms with van der Waals surface area (Å²) in [7, 11) is 0. The summed E-state index contributed by atoms with van der Waals surface area (Å²) in [5, 5.41) is 9.27. The minimum Gasteiger partial charge on any atom is -0.480 e. The molecule has 1 unspecified atom stereocenters. The molecule has 1 heterocycles. The number of thioether (sulfide) groups is 1. The number of carboxylic acids is 1. The third-order valence-corrected chi connectivity index (χ3v) is 4.53. The van der Waals surface area contributed by atoms with Gasteiger partial charge in [-0.05, 0) is 17.9 Å². The van der Waals surface area contributed by atoms with Crippen molar-refractivity contribution in [3.05, 3.63) is 35.9 Å². The van der Waals surface area contributed by atoms with E-state index in [0.29, 0.717) is 12.2 Å². The van der Waals surface area contributed by atoms with E-state index in [-0.39, 0.29) is 17.2 Å². The summed E-state index contributed by atoms with van der Waals surface area (Å²) in [6, 6.07) is 8.87. The van der Waals surface area contributed by atoms with Crippen LogP contribution in [0.5, 0.6) is 0 Å². The van der Waals surface area contributed by atoms with Gasteiger partial charge >= 0.3 is 5.97 Å². The lowest BCUT2D eigenvalue weighted by Gasteiger charge is -2.31. The first-order valence-corrected chi connectivity index (χ1v) is 7.76. The monoisotopic (exact) mass is 293 g/mol. The highest BCUT2D eigenvalue weighted by atomic mass is 32.2. The number of nitrogens with zero attached hydrogens (tertiary/aromatic N) is 1. The van der Waals surface area contributed by atoms with E-state index in [4.69, 9.17) is 0 Å². The summed E-state index contributed by atoms with van der Waals surface area (Å²) in [5.41, 5.74) is 0.985. The summed E-state index contributed by atoms with van der Waals surface area (Å²) < 4.78 is 0. The van der Waals surface area contributed by atoms with Crippen LogP contribution in [0.1, 0.15) is 31.2 Å². The maximum absolute atomic E-state index is 12.1. The number of carboxylic acid groups (broad SMARTS) is 1. The average Bonchev–Trinajstić information content (AvgIpc) is 2.78. The van der Waals surface area contributed by atoms with E-state index in [1.54, 1.807) is 4.90 Å². The Morgan fingerprint density at radius 2 is 2.05 bits per heavy atom. The van der Waals surface area contributed by atoms with Gasteiger partial charge in [0, 0.05) is 0 Å². The van der Waals surface area contributed by atoms with Crippen LogP contribution in [0, 0.1) is 5.92 Å². The summed E-state index contributed by atoms with van der Waals surface area (Å²) >= 11 is 1.50. The van der Waals surface area contributed by atoms with Gasteiger partial charge in [0.15, 0.2) is 0 Å². The molecule has 5 heteroatoms. The molecule has 1 saturated heterocycles. The third kappa shape index (κ3) is 3.15. The standard InChI is InChI=1S/C15H19NO3S/c1-10(2)8-12(15(18)19)16-13(17)9-20-14(16)11-6-4-3-5-7-11/h3-7,10,12,14H,8-9H2,1-2H3,(H,18,19)/t12-,14?/m0/s1. The van der Waals surface area contributed by atoms with Crippen LogP contribution >= 0.6 is 11.8 Å². The van der Waals surface area contributed by atoms with Crippen molar-refractivity contribution in [1.82, 2.24) is 4.90 Å². The molecule has 1 fully saturated rings. The Morgan fingerprint density at radius 3 is 2.60 bits per heavy atom. The van der Waals surface area contributed by atoms with Crippen LogP contribution in [0.4, 0.5) is 0 Å². The van der Waals surface area contributed by atoms with Gasteiger partial charge in [0.05, 0.1) is 5.75 Å². The van der Waals surface area contributed by atoms with E-state index < -0.39 is 12.0 Å². The molecule has 0 spiro atoms. The second-order valence-corrected chi connectivity index (χ2v) is 6.43. The smallest absolute Gasteiger partial charge is 0.326 e. The predicted octanol–water partition coefficient (Wildman–Crippen LogP) is 2.76. The van der Waals surface area contributed by atoms with Crippen LogP contribution in [0.15, 0.2) is 30.3 Å². The Hall–Kier alpha value is -1.49. The first kappa shape index (κ1) is 14.9. The summed E-state index contributed by atoms with van der Waals surface area (Å²) in [6.45, 7) is 3.95. The van der Waals surface area contributed by atoms with Crippen LogP contribution in [0.25, 0.3) is 0 Å². The predicted molar refractivity (Wildman–Crippen MR) is 79.4 cm³/mol. The highest BCUT2D eigenvalue weighted by Gasteiger charge is 2.40. The van der Waals surface area contributed by atoms with Gasteiger partial charge in [-0.15, -0.1) is 11.8 Å². The molecule has 1 aliphatic rings. The van der Waals surface area contributed by atoms with Crippen molar-refractivity contribution in [2.45, 2.75) is 31.7 Å². The molecule has 1 aliphatic heterocycles. The van der Waals surface area contributed by atoms with Crippen molar-refractivity contribution >= 4 is 23.6 Å². The van der Waals surface area contributed by atoms with Crippen LogP contribution in [-0.2, 0) is 9.59 Å². The second kappa shape index (κ2) is 6.31. The number of carbonyl (C=O) groups excluding carboxylic acids is 1. The van der Waals surface area contributed by atoms with E-state index in [1.807, 2.05) is 44.2 Å². The molecule has 0 radical (unpaired) electrons. The molecule has 1 N–H and O–H groups in total. The van der Waals surface area contributed by atoms with Crippen molar-refractivity contribution in [3.8, 4) is 0 Å². The van der Waals surface area contributed by atoms with Crippen LogP contribution < -0.4 is 0 Å². The molecule has 0 aromatic heterocycles. The number of hydrogen-bond acceptors (Lipinski definition) is 3. The molecule has 4 nitrogen and oxygen atoms in total. The molecular formula is C15H19NO3S. The van der Waals surface area contributed by atoms with Crippen molar-refractivity contribution in [3.63, 3.8) is 0 Å². The Morgan fingerprint density at radius 1 is 1.40 bits per heavy atom. The van der Waals surface area contributed by atoms with Crippen molar-refractivity contribution < 1.29 is 14.7 Å². The van der Waals surface area contributed by atoms with Crippen molar-refractivity contribution in [2.24, 2.45) is 5.92 Å². The van der Waals surface area contributed by atoms with Gasteiger partial charge in [-0.25, -0.2) is 4.79 Å². The number of benzene rings is 1. The van der Waals surface area contributed by atoms with E-state index >= 15 is 0 Å². The Balaban J connectivity index is 2.29. The van der Waals surface area contributed by atoms with E-state index in [1.165, 1.54) is 11.8 Å². The highest BCUT2D eigenvalue weighted by Crippen LogP contribution is 2.40. The molecule has 0 aliphatic carbocycles. The van der Waals surface area contributed by atoms with Gasteiger partial charge in [-0.1, -0.05) is 44.2 Å². The lowest BCUT2D eigenvalue weighted by molar-refractivity contribution is -0.150. The van der Waals surface area contributed by atoms with Gasteiger partial charge in [0.1, 0.15) is 11.4 Å². The van der Waals surface area contributed by atoms with E-state index in [2.05, 4.69) is 0 Å². The SMILES string of the molecule is CC(C)C[C@@H](C(=O)O)N1C(=O)CSC1c1ccccc1. The summed E-state index contributed by atoms with van der Waals surface area (Å²) in [4.78, 5) is 25.2. The number of rotatable bonds is 5. The molecular weight excluding hydrogens is 274 g/mol. The maximum atomic E-state index is 12.1. The molecule has 108 valence electrons. The number of aliphatic carboxylic acids is 1. The molecule has 0 saturated carbocycles. The number of hydrogen-bond donors (Lipinski definition) is 1. The van der Waals surface area contributed by atoms with Crippen LogP contribution in [0.3, 0.4) is 0 Å². The number of carbonyl (C=O) groups is 2. The van der Waals surface area contributed by atoms with E-state index in [9.17, 15) is 14.7 Å². The Labute approximate surface area is 123 Å². The third-order valence-electron chi connectivity index (χ3n) is 3.31. The molecule has 20 heavy (non-hydrogen) atoms. The van der Waals surface area contributed by atoms with Crippen molar-refractivity contribution in [2.75, 3.05) is 5.75 Å². The molecule has 0 bridgehead atoms. The first-order valence-electron chi connectivity index (χ1n) is 6.71. The van der Waals surface area contributed by atoms with Gasteiger partial charge < -0.3 is 10.0 Å². The fourth-order valence-electron chi connectivity index (χ4n) is 2.43. The highest BCUT2D eigenvalue weighted by molar-refractivity contribution is 8.00. The zero-order valence-corrected chi connectivity index (χ0v) is 12.5. The zero-order chi connectivity index (χ0) is 14.7. The van der Waals surface area contributed by atoms with Gasteiger partial charge in [0.2, 0.25) is 5.91 Å². The minimum absolute atomic E-state index is 0.0862. The molecule has 2 atom stereocenters. The van der Waals surface area contributed by atoms with E-state index in [0.717, 1.165) is 5.56 Å². The summed E-state index contributed by atoms with van der Waals surface area (Å²) in [6.07, 6.45) is 0.477. The fourth-order valence-corrected chi connectivity index (χ4v) is 3.65. The molecule has 1 aromatic rings. The Bertz CT molecular complexity index is 489. The minimum atomic E-state index is -0.921. The lowest BCUT2D eigenvalue weighted by atomic mass is 10.0. The van der Waals surface area contributed by atoms with Crippen LogP contribution in [-0.4, -0.2) is 33.7 Å². The number of amides is 1. The average molecular weight is 293 g/mol. The first-order chi connectivity index (χ1) is 9.50. The second-order valence-electron chi connectivity index (χ2n) is 5.36. The molecule has 1 aromatic carbocycles. The van der Waals surface area contributed by atoms with Gasteiger partial charge in [0.25, 0.3) is 0 Å². The summed E-state index contributed by atoms with van der Waals surface area (Å²) in [5.74, 6) is -0.431. The largest absolute Gasteiger partial charge is 0.480 e. The quantitative estimate of drug-likeness (QED) is 0.907. The topological polar surface area (TPSA) is 57.6 Å². The maximum Gasteiger partial charge on any atom is 0.326 e. The zero-order valence-electron chi connectivity index (χ0n) is 11.7. The van der Waals surface area contributed by atoms with Crippen molar-refractivity contribution in [1.29, 1.82) is 0 Å².